The highest BCUT2D eigenvalue weighted by atomic mass is 16.3. The fourth-order valence-electron chi connectivity index (χ4n) is 2.68. The van der Waals surface area contributed by atoms with Gasteiger partial charge in [-0.3, -0.25) is 0 Å². The number of hydrogen-bond acceptors (Lipinski definition) is 1. The molecule has 58 valence electrons. The van der Waals surface area contributed by atoms with Crippen molar-refractivity contribution in [3.05, 3.63) is 0 Å². The molecule has 2 aliphatic rings. The summed E-state index contributed by atoms with van der Waals surface area (Å²) in [6.45, 7) is 0. The number of rotatable bonds is 0. The van der Waals surface area contributed by atoms with E-state index in [2.05, 4.69) is 0 Å². The summed E-state index contributed by atoms with van der Waals surface area (Å²) in [6, 6.07) is 0. The Bertz CT molecular complexity index is 122. The maximum atomic E-state index is 9.36. The second kappa shape index (κ2) is 2.54. The van der Waals surface area contributed by atoms with Crippen molar-refractivity contribution in [2.24, 2.45) is 11.8 Å². The molecule has 10 heavy (non-hydrogen) atoms. The third kappa shape index (κ3) is 1.07. The van der Waals surface area contributed by atoms with Gasteiger partial charge in [-0.05, 0) is 31.1 Å². The summed E-state index contributed by atoms with van der Waals surface area (Å²) in [7, 11) is 0. The lowest BCUT2D eigenvalue weighted by molar-refractivity contribution is 0.0806. The van der Waals surface area contributed by atoms with Gasteiger partial charge in [-0.25, -0.2) is 0 Å². The Kier molecular flexibility index (Phi) is 1.69. The van der Waals surface area contributed by atoms with Crippen LogP contribution in [-0.2, 0) is 0 Å². The van der Waals surface area contributed by atoms with Gasteiger partial charge in [0.15, 0.2) is 0 Å². The quantitative estimate of drug-likeness (QED) is 0.545. The Morgan fingerprint density at radius 3 is 2.60 bits per heavy atom. The molecule has 0 amide bonds. The van der Waals surface area contributed by atoms with Gasteiger partial charge in [-0.2, -0.15) is 0 Å². The number of aliphatic hydroxyl groups is 1. The summed E-state index contributed by atoms with van der Waals surface area (Å²) in [4.78, 5) is 0. The van der Waals surface area contributed by atoms with Gasteiger partial charge >= 0.3 is 0 Å². The summed E-state index contributed by atoms with van der Waals surface area (Å²) < 4.78 is 0. The molecule has 0 aliphatic heterocycles. The van der Waals surface area contributed by atoms with Gasteiger partial charge in [0.05, 0.1) is 6.10 Å². The highest BCUT2D eigenvalue weighted by Gasteiger charge is 2.32. The van der Waals surface area contributed by atoms with Crippen molar-refractivity contribution in [2.45, 2.75) is 44.6 Å². The van der Waals surface area contributed by atoms with Crippen molar-refractivity contribution in [1.29, 1.82) is 0 Å². The van der Waals surface area contributed by atoms with Crippen molar-refractivity contribution in [3.8, 4) is 0 Å². The van der Waals surface area contributed by atoms with E-state index >= 15 is 0 Å². The second-order valence-electron chi connectivity index (χ2n) is 3.92. The Balaban J connectivity index is 1.96. The summed E-state index contributed by atoms with van der Waals surface area (Å²) in [5, 5.41) is 9.36. The molecule has 2 saturated carbocycles. The van der Waals surface area contributed by atoms with Gasteiger partial charge in [0.1, 0.15) is 0 Å². The molecule has 0 aromatic carbocycles. The molecule has 1 nitrogen and oxygen atoms in total. The standard InChI is InChI=1S/C9H16O/c10-9-5-4-7-2-1-3-8(7)6-9/h7-10H,1-6H2/t7-,8+,9-/m1/s1. The van der Waals surface area contributed by atoms with E-state index in [0.717, 1.165) is 24.7 Å². The predicted molar refractivity (Wildman–Crippen MR) is 40.7 cm³/mol. The van der Waals surface area contributed by atoms with Crippen LogP contribution in [0.4, 0.5) is 0 Å². The molecule has 0 unspecified atom stereocenters. The molecule has 2 rings (SSSR count). The summed E-state index contributed by atoms with van der Waals surface area (Å²) in [5.74, 6) is 1.88. The lowest BCUT2D eigenvalue weighted by Crippen LogP contribution is -2.23. The van der Waals surface area contributed by atoms with Gasteiger partial charge in [0.25, 0.3) is 0 Å². The Hall–Kier alpha value is -0.0400. The van der Waals surface area contributed by atoms with Gasteiger partial charge in [0.2, 0.25) is 0 Å². The molecule has 1 heteroatoms. The number of aliphatic hydroxyl groups excluding tert-OH is 1. The molecule has 2 aliphatic carbocycles. The first kappa shape index (κ1) is 6.66. The van der Waals surface area contributed by atoms with E-state index in [4.69, 9.17) is 0 Å². The van der Waals surface area contributed by atoms with Gasteiger partial charge < -0.3 is 5.11 Å². The molecule has 1 N–H and O–H groups in total. The van der Waals surface area contributed by atoms with Crippen LogP contribution in [0, 0.1) is 11.8 Å². The molecular formula is C9H16O. The number of fused-ring (bicyclic) bond motifs is 1. The SMILES string of the molecule is O[C@@H]1CC[C@H]2CCC[C@H]2C1. The minimum absolute atomic E-state index is 0.0411. The average molecular weight is 140 g/mol. The summed E-state index contributed by atoms with van der Waals surface area (Å²) in [5.41, 5.74) is 0. The molecule has 0 bridgehead atoms. The van der Waals surface area contributed by atoms with Crippen molar-refractivity contribution in [2.75, 3.05) is 0 Å². The van der Waals surface area contributed by atoms with E-state index in [1.54, 1.807) is 0 Å². The maximum Gasteiger partial charge on any atom is 0.0543 e. The predicted octanol–water partition coefficient (Wildman–Crippen LogP) is 1.95. The van der Waals surface area contributed by atoms with Crippen LogP contribution in [-0.4, -0.2) is 11.2 Å². The molecule has 0 heterocycles. The summed E-state index contributed by atoms with van der Waals surface area (Å²) >= 11 is 0. The van der Waals surface area contributed by atoms with E-state index in [9.17, 15) is 5.11 Å². The molecule has 0 saturated heterocycles. The van der Waals surface area contributed by atoms with Gasteiger partial charge in [0, 0.05) is 0 Å². The van der Waals surface area contributed by atoms with Crippen LogP contribution in [0.5, 0.6) is 0 Å². The van der Waals surface area contributed by atoms with Crippen LogP contribution in [0.1, 0.15) is 38.5 Å². The zero-order chi connectivity index (χ0) is 6.97. The summed E-state index contributed by atoms with van der Waals surface area (Å²) in [6.07, 6.45) is 7.76. The first-order valence-electron chi connectivity index (χ1n) is 4.54. The molecule has 0 spiro atoms. The van der Waals surface area contributed by atoms with E-state index < -0.39 is 0 Å². The Morgan fingerprint density at radius 2 is 1.70 bits per heavy atom. The zero-order valence-corrected chi connectivity index (χ0v) is 6.42. The topological polar surface area (TPSA) is 20.2 Å². The van der Waals surface area contributed by atoms with Crippen LogP contribution >= 0.6 is 0 Å². The second-order valence-corrected chi connectivity index (χ2v) is 3.92. The van der Waals surface area contributed by atoms with Crippen molar-refractivity contribution < 1.29 is 5.11 Å². The van der Waals surface area contributed by atoms with E-state index in [1.165, 1.54) is 25.7 Å². The third-order valence-corrected chi connectivity index (χ3v) is 3.26. The van der Waals surface area contributed by atoms with Crippen LogP contribution in [0.3, 0.4) is 0 Å². The Morgan fingerprint density at radius 1 is 0.900 bits per heavy atom. The highest BCUT2D eigenvalue weighted by molar-refractivity contribution is 4.84. The molecule has 2 fully saturated rings. The third-order valence-electron chi connectivity index (χ3n) is 3.26. The normalized spacial score (nSPS) is 47.1. The smallest absolute Gasteiger partial charge is 0.0543 e. The fourth-order valence-corrected chi connectivity index (χ4v) is 2.68. The highest BCUT2D eigenvalue weighted by Crippen LogP contribution is 2.41. The van der Waals surface area contributed by atoms with Crippen molar-refractivity contribution in [1.82, 2.24) is 0 Å². The lowest BCUT2D eigenvalue weighted by Gasteiger charge is -2.28. The van der Waals surface area contributed by atoms with Crippen LogP contribution in [0.2, 0.25) is 0 Å². The van der Waals surface area contributed by atoms with Crippen LogP contribution in [0.25, 0.3) is 0 Å². The largest absolute Gasteiger partial charge is 0.393 e. The first-order chi connectivity index (χ1) is 4.86. The molecule has 0 radical (unpaired) electrons. The van der Waals surface area contributed by atoms with Crippen LogP contribution in [0.15, 0.2) is 0 Å². The van der Waals surface area contributed by atoms with E-state index in [1.807, 2.05) is 0 Å². The van der Waals surface area contributed by atoms with Crippen molar-refractivity contribution in [3.63, 3.8) is 0 Å². The zero-order valence-electron chi connectivity index (χ0n) is 6.42. The maximum absolute atomic E-state index is 9.36. The Labute approximate surface area is 62.4 Å². The minimum Gasteiger partial charge on any atom is -0.393 e. The molecule has 3 atom stereocenters. The van der Waals surface area contributed by atoms with Crippen LogP contribution < -0.4 is 0 Å². The molecular weight excluding hydrogens is 124 g/mol. The number of hydrogen-bond donors (Lipinski definition) is 1. The lowest BCUT2D eigenvalue weighted by atomic mass is 9.80. The van der Waals surface area contributed by atoms with Crippen molar-refractivity contribution >= 4 is 0 Å². The monoisotopic (exact) mass is 140 g/mol. The van der Waals surface area contributed by atoms with E-state index in [-0.39, 0.29) is 6.10 Å². The fraction of sp³-hybridized carbons (Fsp3) is 1.00. The van der Waals surface area contributed by atoms with Gasteiger partial charge in [-0.1, -0.05) is 19.3 Å². The average Bonchev–Trinajstić information content (AvgIpc) is 2.33. The minimum atomic E-state index is 0.0411. The molecule has 0 aromatic rings. The van der Waals surface area contributed by atoms with E-state index in [0.29, 0.717) is 0 Å². The first-order valence-corrected chi connectivity index (χ1v) is 4.54. The van der Waals surface area contributed by atoms with Gasteiger partial charge in [-0.15, -0.1) is 0 Å². The molecule has 0 aromatic heterocycles.